The van der Waals surface area contributed by atoms with Crippen LogP contribution in [0, 0.1) is 5.41 Å². The molecule has 4 aromatic carbocycles. The summed E-state index contributed by atoms with van der Waals surface area (Å²) in [5, 5.41) is 3.78. The number of fused-ring (bicyclic) bond motifs is 1. The first-order chi connectivity index (χ1) is 22.6. The van der Waals surface area contributed by atoms with Crippen molar-refractivity contribution in [3.63, 3.8) is 0 Å². The van der Waals surface area contributed by atoms with Crippen molar-refractivity contribution in [2.24, 2.45) is 5.41 Å². The predicted molar refractivity (Wildman–Crippen MR) is 198 cm³/mol. The van der Waals surface area contributed by atoms with E-state index < -0.39 is 9.04 Å². The zero-order chi connectivity index (χ0) is 33.1. The summed E-state index contributed by atoms with van der Waals surface area (Å²) in [5.41, 5.74) is 2.87. The van der Waals surface area contributed by atoms with Crippen LogP contribution in [0.4, 0.5) is 22.0 Å². The van der Waals surface area contributed by atoms with Gasteiger partial charge in [0.1, 0.15) is 0 Å². The molecule has 0 bridgehead atoms. The zero-order valence-corrected chi connectivity index (χ0v) is 30.2. The van der Waals surface area contributed by atoms with Gasteiger partial charge >= 0.3 is 6.03 Å². The molecule has 6 nitrogen and oxygen atoms in total. The number of thioether (sulfide) groups is 1. The van der Waals surface area contributed by atoms with E-state index >= 15 is 0 Å². The molecular weight excluding hydrogens is 663 g/mol. The number of amides is 2. The van der Waals surface area contributed by atoms with Crippen LogP contribution < -0.4 is 20.2 Å². The van der Waals surface area contributed by atoms with Crippen molar-refractivity contribution in [2.75, 3.05) is 16.1 Å². The van der Waals surface area contributed by atoms with Gasteiger partial charge in [-0.2, -0.15) is 0 Å². The Morgan fingerprint density at radius 1 is 0.894 bits per heavy atom. The Morgan fingerprint density at radius 3 is 2.11 bits per heavy atom. The van der Waals surface area contributed by atoms with E-state index in [1.165, 1.54) is 22.1 Å². The molecule has 2 amide bonds. The van der Waals surface area contributed by atoms with Crippen molar-refractivity contribution in [1.82, 2.24) is 9.97 Å². The molecule has 10 heteroatoms. The average Bonchev–Trinajstić information content (AvgIpc) is 3.07. The maximum absolute atomic E-state index is 14.5. The number of nitrogens with zero attached hydrogens (tertiary/aromatic N) is 4. The topological polar surface area (TPSA) is 58.6 Å². The molecule has 1 aliphatic heterocycles. The van der Waals surface area contributed by atoms with Gasteiger partial charge in [0.15, 0.2) is 11.0 Å². The Morgan fingerprint density at radius 2 is 1.51 bits per heavy atom. The molecule has 1 atom stereocenters. The fourth-order valence-corrected chi connectivity index (χ4v) is 9.19. The highest BCUT2D eigenvalue weighted by Gasteiger charge is 2.37. The minimum atomic E-state index is -2.10. The molecule has 0 saturated carbocycles. The lowest BCUT2D eigenvalue weighted by Crippen LogP contribution is -2.46. The summed E-state index contributed by atoms with van der Waals surface area (Å²) in [7, 11) is -2.10. The van der Waals surface area contributed by atoms with Crippen LogP contribution in [0.3, 0.4) is 0 Å². The smallest absolute Gasteiger partial charge is 0.335 e. The van der Waals surface area contributed by atoms with Gasteiger partial charge in [0.2, 0.25) is 9.04 Å². The number of rotatable bonds is 9. The number of halogens is 2. The lowest BCUT2D eigenvalue weighted by atomic mass is 9.87. The first-order valence-corrected chi connectivity index (χ1v) is 19.0. The molecule has 47 heavy (non-hydrogen) atoms. The first-order valence-electron chi connectivity index (χ1n) is 15.4. The fourth-order valence-electron chi connectivity index (χ4n) is 5.82. The van der Waals surface area contributed by atoms with Crippen LogP contribution in [0.1, 0.15) is 44.4 Å². The normalized spacial score (nSPS) is 14.0. The number of urea groups is 1. The molecule has 6 rings (SSSR count). The van der Waals surface area contributed by atoms with Crippen LogP contribution >= 0.6 is 35.0 Å². The Hall–Kier alpha value is -3.66. The van der Waals surface area contributed by atoms with Gasteiger partial charge in [-0.15, -0.1) is 0 Å². The van der Waals surface area contributed by atoms with Crippen LogP contribution in [0.5, 0.6) is 0 Å². The Balaban J connectivity index is 1.45. The molecule has 0 saturated heterocycles. The Bertz CT molecular complexity index is 1810. The van der Waals surface area contributed by atoms with Crippen molar-refractivity contribution in [3.8, 4) is 0 Å². The molecule has 1 unspecified atom stereocenters. The van der Waals surface area contributed by atoms with Crippen LogP contribution in [0.15, 0.2) is 114 Å². The third-order valence-electron chi connectivity index (χ3n) is 7.98. The third-order valence-corrected chi connectivity index (χ3v) is 11.7. The molecule has 5 aromatic rings. The van der Waals surface area contributed by atoms with Crippen molar-refractivity contribution in [2.45, 2.75) is 45.0 Å². The summed E-state index contributed by atoms with van der Waals surface area (Å²) in [6.07, 6.45) is 4.25. The van der Waals surface area contributed by atoms with Gasteiger partial charge in [-0.25, -0.2) is 19.7 Å². The number of aromatic nitrogens is 2. The highest BCUT2D eigenvalue weighted by atomic mass is 35.5. The van der Waals surface area contributed by atoms with Crippen molar-refractivity contribution in [3.05, 3.63) is 130 Å². The highest BCUT2D eigenvalue weighted by molar-refractivity contribution is 7.98. The predicted octanol–water partition coefficient (Wildman–Crippen LogP) is 8.82. The lowest BCUT2D eigenvalue weighted by Gasteiger charge is -2.37. The summed E-state index contributed by atoms with van der Waals surface area (Å²) < 4.78 is 7.24. The molecule has 0 radical (unpaired) electrons. The largest absolute Gasteiger partial charge is 0.404 e. The molecule has 0 fully saturated rings. The Labute approximate surface area is 292 Å². The average molecular weight is 700 g/mol. The van der Waals surface area contributed by atoms with Gasteiger partial charge in [-0.05, 0) is 58.3 Å². The standard InChI is InChI=1S/C37H36Cl2N4O2SSi/c1-37(2,3)22-32(45-47(28-15-7-5-8-16-28)29-17-9-6-10-18-29)25-13-11-14-27(21-25)43-34-26(23-40-35(41-34)46-4)24-42(36(43)44)33-30(38)19-12-20-31(33)39/h5-21,23,32,47H,22,24H2,1-4H3. The summed E-state index contributed by atoms with van der Waals surface area (Å²) in [6.45, 7) is 6.92. The first kappa shape index (κ1) is 33.2. The van der Waals surface area contributed by atoms with E-state index in [0.717, 1.165) is 17.5 Å². The molecule has 0 N–H and O–H groups in total. The zero-order valence-electron chi connectivity index (χ0n) is 26.7. The molecule has 2 heterocycles. The SMILES string of the molecule is CSc1ncc2c(n1)N(c1cccc(C(CC(C)(C)C)O[SiH](c3ccccc3)c3ccccc3)c1)C(=O)N(c1c(Cl)cccc1Cl)C2. The molecule has 0 aliphatic carbocycles. The quantitative estimate of drug-likeness (QED) is 0.0875. The van der Waals surface area contributed by atoms with E-state index in [2.05, 4.69) is 86.4 Å². The van der Waals surface area contributed by atoms with Gasteiger partial charge in [-0.3, -0.25) is 4.90 Å². The van der Waals surface area contributed by atoms with E-state index in [9.17, 15) is 4.79 Å². The van der Waals surface area contributed by atoms with Crippen molar-refractivity contribution < 1.29 is 9.22 Å². The van der Waals surface area contributed by atoms with Crippen LogP contribution in [0.2, 0.25) is 10.0 Å². The number of carbonyl (C=O) groups is 1. The number of anilines is 3. The molecule has 1 aromatic heterocycles. The molecule has 240 valence electrons. The van der Waals surface area contributed by atoms with Crippen LogP contribution in [0.25, 0.3) is 0 Å². The van der Waals surface area contributed by atoms with Gasteiger partial charge in [0, 0.05) is 11.8 Å². The third kappa shape index (κ3) is 7.42. The van der Waals surface area contributed by atoms with Crippen molar-refractivity contribution >= 4 is 77.6 Å². The van der Waals surface area contributed by atoms with Gasteiger partial charge in [0.25, 0.3) is 0 Å². The minimum absolute atomic E-state index is 0.0291. The molecule has 1 aliphatic rings. The second-order valence-corrected chi connectivity index (χ2v) is 16.6. The Kier molecular flexibility index (Phi) is 10.1. The number of para-hydroxylation sites is 1. The second-order valence-electron chi connectivity index (χ2n) is 12.7. The van der Waals surface area contributed by atoms with Crippen LogP contribution in [-0.4, -0.2) is 31.3 Å². The van der Waals surface area contributed by atoms with E-state index in [-0.39, 0.29) is 24.1 Å². The van der Waals surface area contributed by atoms with Crippen LogP contribution in [-0.2, 0) is 11.0 Å². The number of benzene rings is 4. The summed E-state index contributed by atoms with van der Waals surface area (Å²) in [4.78, 5) is 27.1. The maximum atomic E-state index is 14.5. The second kappa shape index (κ2) is 14.2. The maximum Gasteiger partial charge on any atom is 0.335 e. The highest BCUT2D eigenvalue weighted by Crippen LogP contribution is 2.42. The lowest BCUT2D eigenvalue weighted by molar-refractivity contribution is 0.150. The van der Waals surface area contributed by atoms with Gasteiger partial charge < -0.3 is 4.43 Å². The van der Waals surface area contributed by atoms with E-state index in [1.807, 2.05) is 30.5 Å². The van der Waals surface area contributed by atoms with E-state index in [1.54, 1.807) is 34.2 Å². The fraction of sp³-hybridized carbons (Fsp3) is 0.216. The van der Waals surface area contributed by atoms with E-state index in [4.69, 9.17) is 32.6 Å². The van der Waals surface area contributed by atoms with Gasteiger partial charge in [0.05, 0.1) is 34.1 Å². The number of carbonyl (C=O) groups excluding carboxylic acids is 1. The van der Waals surface area contributed by atoms with E-state index in [0.29, 0.717) is 32.4 Å². The number of hydrogen-bond acceptors (Lipinski definition) is 5. The number of hydrogen-bond donors (Lipinski definition) is 0. The summed E-state index contributed by atoms with van der Waals surface area (Å²) in [5.74, 6) is 0.542. The monoisotopic (exact) mass is 698 g/mol. The summed E-state index contributed by atoms with van der Waals surface area (Å²) >= 11 is 14.7. The minimum Gasteiger partial charge on any atom is -0.404 e. The molecular formula is C37H36Cl2N4O2SSi. The molecule has 0 spiro atoms. The summed E-state index contributed by atoms with van der Waals surface area (Å²) in [6, 6.07) is 34.0. The van der Waals surface area contributed by atoms with Crippen molar-refractivity contribution in [1.29, 1.82) is 0 Å². The van der Waals surface area contributed by atoms with Gasteiger partial charge in [-0.1, -0.05) is 135 Å².